The minimum atomic E-state index is -0.568. The lowest BCUT2D eigenvalue weighted by Crippen LogP contribution is -2.51. The third-order valence-corrected chi connectivity index (χ3v) is 12.0. The van der Waals surface area contributed by atoms with Crippen LogP contribution in [0.5, 0.6) is 11.8 Å². The zero-order valence-electron chi connectivity index (χ0n) is 28.5. The van der Waals surface area contributed by atoms with E-state index < -0.39 is 11.6 Å². The summed E-state index contributed by atoms with van der Waals surface area (Å²) in [5, 5.41) is 16.1. The smallest absolute Gasteiger partial charge is 0.319 e. The fourth-order valence-corrected chi connectivity index (χ4v) is 9.12. The van der Waals surface area contributed by atoms with E-state index in [9.17, 15) is 5.11 Å². The van der Waals surface area contributed by atoms with Crippen LogP contribution in [0.1, 0.15) is 55.6 Å². The van der Waals surface area contributed by atoms with Gasteiger partial charge in [-0.3, -0.25) is 4.90 Å². The van der Waals surface area contributed by atoms with E-state index in [0.29, 0.717) is 65.0 Å². The molecule has 6 fully saturated rings. The molecule has 2 bridgehead atoms. The van der Waals surface area contributed by atoms with Crippen LogP contribution >= 0.6 is 0 Å². The van der Waals surface area contributed by atoms with Crippen LogP contribution in [0.15, 0.2) is 30.3 Å². The molecule has 6 aliphatic rings. The van der Waals surface area contributed by atoms with Crippen molar-refractivity contribution >= 4 is 27.5 Å². The van der Waals surface area contributed by atoms with Crippen molar-refractivity contribution in [3.05, 3.63) is 53.1 Å². The monoisotopic (exact) mass is 693 g/mol. The van der Waals surface area contributed by atoms with Crippen LogP contribution in [0.25, 0.3) is 32.8 Å². The zero-order chi connectivity index (χ0) is 34.4. The topological polar surface area (TPSA) is 92.2 Å². The second kappa shape index (κ2) is 12.0. The van der Waals surface area contributed by atoms with E-state index in [4.69, 9.17) is 30.6 Å². The van der Waals surface area contributed by atoms with Crippen LogP contribution in [0.3, 0.4) is 0 Å². The number of nitrogens with zero attached hydrogens (tertiary/aromatic N) is 4. The number of halogens is 2. The number of phenols is 1. The highest BCUT2D eigenvalue weighted by Crippen LogP contribution is 2.51. The number of phenolic OH excluding ortho intramolecular Hbond substituents is 1. The number of likely N-dealkylation sites (tertiary alicyclic amines) is 1. The molecule has 2 saturated carbocycles. The summed E-state index contributed by atoms with van der Waals surface area (Å²) in [6, 6.07) is 8.74. The molecule has 0 amide bonds. The molecule has 4 aliphatic heterocycles. The number of piperazine rings is 1. The van der Waals surface area contributed by atoms with Gasteiger partial charge in [-0.15, -0.1) is 6.42 Å². The summed E-state index contributed by atoms with van der Waals surface area (Å²) in [6.45, 7) is 5.80. The number of hydrogen-bond donors (Lipinski definition) is 2. The summed E-state index contributed by atoms with van der Waals surface area (Å²) >= 11 is 0. The first-order chi connectivity index (χ1) is 24.8. The van der Waals surface area contributed by atoms with Crippen LogP contribution in [0.4, 0.5) is 14.6 Å². The maximum absolute atomic E-state index is 17.6. The highest BCUT2D eigenvalue weighted by atomic mass is 19.1. The first-order valence-corrected chi connectivity index (χ1v) is 18.4. The minimum absolute atomic E-state index is 0.0319. The van der Waals surface area contributed by atoms with Gasteiger partial charge >= 0.3 is 6.01 Å². The van der Waals surface area contributed by atoms with E-state index in [2.05, 4.69) is 21.0 Å². The number of benzene rings is 3. The van der Waals surface area contributed by atoms with Crippen molar-refractivity contribution in [1.29, 1.82) is 0 Å². The summed E-state index contributed by atoms with van der Waals surface area (Å²) in [6.07, 6.45) is 12.1. The average molecular weight is 694 g/mol. The predicted molar refractivity (Wildman–Crippen MR) is 189 cm³/mol. The Bertz CT molecular complexity index is 2090. The lowest BCUT2D eigenvalue weighted by molar-refractivity contribution is -0.116. The molecular weight excluding hydrogens is 652 g/mol. The fourth-order valence-electron chi connectivity index (χ4n) is 9.12. The van der Waals surface area contributed by atoms with Gasteiger partial charge in [0.25, 0.3) is 0 Å². The summed E-state index contributed by atoms with van der Waals surface area (Å²) in [7, 11) is 0. The SMILES string of the molecule is C#Cc1c(F)ccc2cc(O)cc(-c3c(C4CC4)cc4c(N5CC6CCC(C5)N6)nc(OCC5(CN6C[C@@H]7OCCO[C@@H]7C6)CC5)nc4c3F)c12. The average Bonchev–Trinajstić information content (AvgIpc) is 4.05. The van der Waals surface area contributed by atoms with Crippen molar-refractivity contribution in [1.82, 2.24) is 20.2 Å². The van der Waals surface area contributed by atoms with Gasteiger partial charge in [-0.05, 0) is 85.2 Å². The van der Waals surface area contributed by atoms with Crippen LogP contribution in [-0.2, 0) is 9.47 Å². The van der Waals surface area contributed by atoms with Gasteiger partial charge in [0.1, 0.15) is 22.9 Å². The van der Waals surface area contributed by atoms with Crippen LogP contribution in [0, 0.1) is 29.4 Å². The number of fused-ring (bicyclic) bond motifs is 5. The van der Waals surface area contributed by atoms with E-state index in [-0.39, 0.29) is 46.4 Å². The molecule has 11 heteroatoms. The number of ether oxygens (including phenoxy) is 3. The minimum Gasteiger partial charge on any atom is -0.508 e. The molecule has 51 heavy (non-hydrogen) atoms. The van der Waals surface area contributed by atoms with Crippen molar-refractivity contribution in [3.8, 4) is 35.2 Å². The molecular formula is C40H41F2N5O4. The Labute approximate surface area is 295 Å². The quantitative estimate of drug-likeness (QED) is 0.233. The van der Waals surface area contributed by atoms with Crippen molar-refractivity contribution in [2.24, 2.45) is 5.41 Å². The highest BCUT2D eigenvalue weighted by Gasteiger charge is 2.48. The van der Waals surface area contributed by atoms with Crippen LogP contribution < -0.4 is 15.0 Å². The Morgan fingerprint density at radius 1 is 0.980 bits per heavy atom. The van der Waals surface area contributed by atoms with E-state index in [0.717, 1.165) is 76.8 Å². The molecule has 0 spiro atoms. The van der Waals surface area contributed by atoms with E-state index in [1.165, 1.54) is 18.2 Å². The molecule has 2 unspecified atom stereocenters. The molecule has 264 valence electrons. The highest BCUT2D eigenvalue weighted by molar-refractivity contribution is 6.05. The van der Waals surface area contributed by atoms with Crippen molar-refractivity contribution in [2.75, 3.05) is 57.4 Å². The lowest BCUT2D eigenvalue weighted by atomic mass is 9.88. The third-order valence-electron chi connectivity index (χ3n) is 12.0. The fraction of sp³-hybridized carbons (Fsp3) is 0.500. The Morgan fingerprint density at radius 2 is 1.73 bits per heavy atom. The van der Waals surface area contributed by atoms with Gasteiger partial charge in [-0.1, -0.05) is 12.0 Å². The Kier molecular flexibility index (Phi) is 7.44. The first-order valence-electron chi connectivity index (χ1n) is 18.4. The molecule has 0 radical (unpaired) electrons. The van der Waals surface area contributed by atoms with Crippen LogP contribution in [-0.4, -0.2) is 96.8 Å². The molecule has 4 aromatic rings. The van der Waals surface area contributed by atoms with Gasteiger partial charge in [0, 0.05) is 66.6 Å². The summed E-state index contributed by atoms with van der Waals surface area (Å²) in [5.74, 6) is 2.12. The van der Waals surface area contributed by atoms with E-state index >= 15 is 8.78 Å². The summed E-state index contributed by atoms with van der Waals surface area (Å²) < 4.78 is 51.1. The Morgan fingerprint density at radius 3 is 2.41 bits per heavy atom. The Hall–Kier alpha value is -4.08. The van der Waals surface area contributed by atoms with Crippen molar-refractivity contribution < 1.29 is 28.1 Å². The lowest BCUT2D eigenvalue weighted by Gasteiger charge is -2.34. The molecule has 4 atom stereocenters. The first kappa shape index (κ1) is 31.6. The van der Waals surface area contributed by atoms with Gasteiger partial charge in [0.2, 0.25) is 0 Å². The molecule has 2 aliphatic carbocycles. The molecule has 2 N–H and O–H groups in total. The van der Waals surface area contributed by atoms with Crippen LogP contribution in [0.2, 0.25) is 0 Å². The van der Waals surface area contributed by atoms with E-state index in [1.54, 1.807) is 6.07 Å². The van der Waals surface area contributed by atoms with Gasteiger partial charge < -0.3 is 29.5 Å². The third kappa shape index (κ3) is 5.59. The maximum atomic E-state index is 17.6. The molecule has 10 rings (SSSR count). The van der Waals surface area contributed by atoms with Gasteiger partial charge in [0.15, 0.2) is 5.82 Å². The summed E-state index contributed by atoms with van der Waals surface area (Å²) in [5.41, 5.74) is 1.61. The molecule has 1 aromatic heterocycles. The molecule has 5 heterocycles. The van der Waals surface area contributed by atoms with Gasteiger partial charge in [-0.25, -0.2) is 8.78 Å². The number of rotatable bonds is 8. The second-order valence-corrected chi connectivity index (χ2v) is 15.7. The number of aromatic nitrogens is 2. The van der Waals surface area contributed by atoms with Gasteiger partial charge in [-0.2, -0.15) is 9.97 Å². The summed E-state index contributed by atoms with van der Waals surface area (Å²) in [4.78, 5) is 14.5. The largest absolute Gasteiger partial charge is 0.508 e. The Balaban J connectivity index is 1.08. The number of aromatic hydroxyl groups is 1. The predicted octanol–water partition coefficient (Wildman–Crippen LogP) is 5.49. The normalized spacial score (nSPS) is 26.8. The van der Waals surface area contributed by atoms with E-state index in [1.807, 2.05) is 6.07 Å². The van der Waals surface area contributed by atoms with Crippen molar-refractivity contribution in [3.63, 3.8) is 0 Å². The standard InChI is InChI=1S/C40H41F2N5O4/c1-2-27-31(41)8-5-23-13-26(48)14-29(34(23)27)35-28(22-3-4-22)15-30-37(36(35)42)44-39(45-38(30)47-16-24-6-7-25(17-47)43-24)51-21-40(9-10-40)20-46-18-32-33(19-46)50-12-11-49-32/h1,5,8,13-15,22,24-25,32-33,43,48H,3-4,6-7,9-12,16-21H2/t24?,25?,32-,33+. The van der Waals surface area contributed by atoms with Crippen molar-refractivity contribution in [2.45, 2.75) is 68.7 Å². The maximum Gasteiger partial charge on any atom is 0.319 e. The van der Waals surface area contributed by atoms with Gasteiger partial charge in [0.05, 0.1) is 37.6 Å². The molecule has 3 aromatic carbocycles. The molecule has 9 nitrogen and oxygen atoms in total. The second-order valence-electron chi connectivity index (χ2n) is 15.7. The number of terminal acetylenes is 1. The number of nitrogens with one attached hydrogen (secondary N) is 1. The number of anilines is 1. The number of hydrogen-bond acceptors (Lipinski definition) is 9. The zero-order valence-corrected chi connectivity index (χ0v) is 28.5. The molecule has 4 saturated heterocycles.